The molecule has 0 saturated carbocycles. The van der Waals surface area contributed by atoms with E-state index in [-0.39, 0.29) is 18.4 Å². The number of hydrogen-bond donors (Lipinski definition) is 4. The Balaban J connectivity index is 2.09. The normalized spacial score (nSPS) is 19.1. The molecule has 5 N–H and O–H groups in total. The minimum absolute atomic E-state index is 0.129. The van der Waals surface area contributed by atoms with E-state index >= 15 is 0 Å². The van der Waals surface area contributed by atoms with Crippen LogP contribution in [-0.2, 0) is 20.9 Å². The third-order valence-corrected chi connectivity index (χ3v) is 6.18. The van der Waals surface area contributed by atoms with Gasteiger partial charge in [-0.25, -0.2) is 0 Å². The topological polar surface area (TPSA) is 125 Å². The fourth-order valence-electron chi connectivity index (χ4n) is 3.91. The largest absolute Gasteiger partial charge is 0.384 e. The summed E-state index contributed by atoms with van der Waals surface area (Å²) in [5.74, 6) is -7.56. The highest BCUT2D eigenvalue weighted by molar-refractivity contribution is 5.90. The van der Waals surface area contributed by atoms with Crippen molar-refractivity contribution >= 4 is 17.7 Å². The number of carbonyl (C=O) groups is 3. The highest BCUT2D eigenvalue weighted by Crippen LogP contribution is 2.26. The highest BCUT2D eigenvalue weighted by Gasteiger charge is 2.51. The van der Waals surface area contributed by atoms with Crippen molar-refractivity contribution in [3.8, 4) is 0 Å². The molecule has 1 aromatic carbocycles. The van der Waals surface area contributed by atoms with Gasteiger partial charge in [0.15, 0.2) is 0 Å². The summed E-state index contributed by atoms with van der Waals surface area (Å²) in [6.45, 7) is 6.91. The lowest BCUT2D eigenvalue weighted by Crippen LogP contribution is -2.61. The Morgan fingerprint density at radius 3 is 2.32 bits per heavy atom. The number of aliphatic hydroxyl groups is 1. The molecule has 10 heteroatoms. The smallest absolute Gasteiger partial charge is 0.351 e. The van der Waals surface area contributed by atoms with Gasteiger partial charge >= 0.3 is 5.92 Å². The van der Waals surface area contributed by atoms with Crippen molar-refractivity contribution < 1.29 is 28.3 Å². The maximum Gasteiger partial charge on any atom is 0.351 e. The van der Waals surface area contributed by atoms with Gasteiger partial charge < -0.3 is 26.4 Å². The summed E-state index contributed by atoms with van der Waals surface area (Å²) < 4.78 is 29.7. The zero-order chi connectivity index (χ0) is 25.6. The highest BCUT2D eigenvalue weighted by atomic mass is 19.3. The third kappa shape index (κ3) is 6.50. The molecule has 0 aromatic heterocycles. The number of benzene rings is 1. The van der Waals surface area contributed by atoms with Crippen LogP contribution in [0.3, 0.4) is 0 Å². The van der Waals surface area contributed by atoms with Gasteiger partial charge in [0.1, 0.15) is 12.1 Å². The Morgan fingerprint density at radius 2 is 1.76 bits per heavy atom. The van der Waals surface area contributed by atoms with E-state index in [9.17, 15) is 28.3 Å². The molecule has 190 valence electrons. The lowest BCUT2D eigenvalue weighted by molar-refractivity contribution is -0.169. The molecule has 34 heavy (non-hydrogen) atoms. The number of alkyl halides is 2. The first kappa shape index (κ1) is 27.7. The van der Waals surface area contributed by atoms with E-state index in [1.807, 2.05) is 0 Å². The summed E-state index contributed by atoms with van der Waals surface area (Å²) in [5.41, 5.74) is 6.58. The van der Waals surface area contributed by atoms with Gasteiger partial charge in [-0.15, -0.1) is 0 Å². The zero-order valence-corrected chi connectivity index (χ0v) is 20.1. The van der Waals surface area contributed by atoms with Crippen LogP contribution < -0.4 is 16.4 Å². The van der Waals surface area contributed by atoms with Gasteiger partial charge in [-0.05, 0) is 30.2 Å². The summed E-state index contributed by atoms with van der Waals surface area (Å²) in [6.07, 6.45) is -1.53. The van der Waals surface area contributed by atoms with Gasteiger partial charge in [0.25, 0.3) is 5.91 Å². The van der Waals surface area contributed by atoms with Crippen molar-refractivity contribution in [3.05, 3.63) is 35.9 Å². The van der Waals surface area contributed by atoms with Gasteiger partial charge in [-0.3, -0.25) is 14.4 Å². The van der Waals surface area contributed by atoms with Gasteiger partial charge in [-0.2, -0.15) is 8.78 Å². The molecule has 1 aromatic rings. The molecule has 1 saturated heterocycles. The molecule has 1 fully saturated rings. The van der Waals surface area contributed by atoms with Crippen LogP contribution in [0.15, 0.2) is 30.3 Å². The average molecular weight is 483 g/mol. The minimum atomic E-state index is -4.15. The number of halogens is 2. The van der Waals surface area contributed by atoms with Crippen molar-refractivity contribution in [2.75, 3.05) is 6.54 Å². The van der Waals surface area contributed by atoms with Gasteiger partial charge in [0.2, 0.25) is 11.8 Å². The van der Waals surface area contributed by atoms with E-state index < -0.39 is 47.9 Å². The molecule has 0 spiro atoms. The maximum absolute atomic E-state index is 14.9. The summed E-state index contributed by atoms with van der Waals surface area (Å²) in [5, 5.41) is 15.1. The van der Waals surface area contributed by atoms with Crippen LogP contribution in [0.1, 0.15) is 46.1 Å². The number of aliphatic hydroxyl groups excluding tert-OH is 1. The first-order valence-electron chi connectivity index (χ1n) is 11.6. The van der Waals surface area contributed by atoms with Gasteiger partial charge in [0.05, 0.1) is 12.1 Å². The second kappa shape index (κ2) is 11.7. The standard InChI is InChI=1S/C24H36F2N4O4/c1-14(2)18(27)22(33)30-12-8-11-17(30)21(32)29-19(15(3)4)20(31)24(25,26)23(34)28-13-16-9-6-5-7-10-16/h5-7,9-10,14-15,17-20,31H,8,11-13,27H2,1-4H3,(H,28,34)(H,29,32)/t17?,18-,19?,20?/m0/s1. The molecule has 8 nitrogen and oxygen atoms in total. The van der Waals surface area contributed by atoms with Crippen molar-refractivity contribution in [3.63, 3.8) is 0 Å². The van der Waals surface area contributed by atoms with Gasteiger partial charge in [-0.1, -0.05) is 58.0 Å². The monoisotopic (exact) mass is 482 g/mol. The van der Waals surface area contributed by atoms with Crippen molar-refractivity contribution in [1.29, 1.82) is 0 Å². The summed E-state index contributed by atoms with van der Waals surface area (Å²) >= 11 is 0. The van der Waals surface area contributed by atoms with Crippen LogP contribution in [0.4, 0.5) is 8.78 Å². The number of hydrogen-bond acceptors (Lipinski definition) is 5. The first-order chi connectivity index (χ1) is 15.9. The Kier molecular flexibility index (Phi) is 9.52. The number of nitrogens with zero attached hydrogens (tertiary/aromatic N) is 1. The Bertz CT molecular complexity index is 851. The van der Waals surface area contributed by atoms with Crippen LogP contribution in [0.25, 0.3) is 0 Å². The maximum atomic E-state index is 14.9. The first-order valence-corrected chi connectivity index (χ1v) is 11.6. The van der Waals surface area contributed by atoms with E-state index in [2.05, 4.69) is 10.6 Å². The zero-order valence-electron chi connectivity index (χ0n) is 20.1. The van der Waals surface area contributed by atoms with Crippen molar-refractivity contribution in [2.45, 2.75) is 77.2 Å². The van der Waals surface area contributed by atoms with Crippen LogP contribution in [-0.4, -0.2) is 64.4 Å². The quantitative estimate of drug-likeness (QED) is 0.401. The van der Waals surface area contributed by atoms with Crippen molar-refractivity contribution in [2.24, 2.45) is 17.6 Å². The summed E-state index contributed by atoms with van der Waals surface area (Å²) in [6, 6.07) is 5.46. The number of amides is 3. The Morgan fingerprint density at radius 1 is 1.15 bits per heavy atom. The molecular formula is C24H36F2N4O4. The predicted molar refractivity (Wildman–Crippen MR) is 124 cm³/mol. The fraction of sp³-hybridized carbons (Fsp3) is 0.625. The average Bonchev–Trinajstić information content (AvgIpc) is 3.29. The number of rotatable bonds is 10. The molecule has 0 bridgehead atoms. The lowest BCUT2D eigenvalue weighted by Gasteiger charge is -2.34. The number of nitrogens with two attached hydrogens (primary N) is 1. The number of carbonyl (C=O) groups excluding carboxylic acids is 3. The Hall–Kier alpha value is -2.59. The molecule has 3 amide bonds. The van der Waals surface area contributed by atoms with Crippen LogP contribution in [0.2, 0.25) is 0 Å². The minimum Gasteiger partial charge on any atom is -0.384 e. The number of nitrogens with one attached hydrogen (secondary N) is 2. The van der Waals surface area contributed by atoms with E-state index in [0.29, 0.717) is 24.9 Å². The van der Waals surface area contributed by atoms with Crippen LogP contribution in [0.5, 0.6) is 0 Å². The van der Waals surface area contributed by atoms with E-state index in [0.717, 1.165) is 0 Å². The molecular weight excluding hydrogens is 446 g/mol. The molecule has 2 rings (SSSR count). The van der Waals surface area contributed by atoms with E-state index in [1.54, 1.807) is 58.0 Å². The third-order valence-electron chi connectivity index (χ3n) is 6.18. The fourth-order valence-corrected chi connectivity index (χ4v) is 3.91. The molecule has 4 atom stereocenters. The molecule has 1 heterocycles. The number of likely N-dealkylation sites (tertiary alicyclic amines) is 1. The van der Waals surface area contributed by atoms with Crippen LogP contribution >= 0.6 is 0 Å². The molecule has 1 aliphatic rings. The molecule has 0 radical (unpaired) electrons. The second-order valence-corrected chi connectivity index (χ2v) is 9.47. The SMILES string of the molecule is CC(C)C(NC(=O)C1CCCN1C(=O)[C@@H](N)C(C)C)C(O)C(F)(F)C(=O)NCc1ccccc1. The lowest BCUT2D eigenvalue weighted by atomic mass is 9.93. The van der Waals surface area contributed by atoms with E-state index in [4.69, 9.17) is 5.73 Å². The van der Waals surface area contributed by atoms with E-state index in [1.165, 1.54) is 4.90 Å². The summed E-state index contributed by atoms with van der Waals surface area (Å²) in [4.78, 5) is 39.3. The van der Waals surface area contributed by atoms with Crippen molar-refractivity contribution in [1.82, 2.24) is 15.5 Å². The van der Waals surface area contributed by atoms with Crippen LogP contribution in [0, 0.1) is 11.8 Å². The molecule has 1 aliphatic heterocycles. The van der Waals surface area contributed by atoms with Gasteiger partial charge in [0, 0.05) is 13.1 Å². The molecule has 0 aliphatic carbocycles. The second-order valence-electron chi connectivity index (χ2n) is 9.47. The Labute approximate surface area is 199 Å². The molecule has 3 unspecified atom stereocenters. The summed E-state index contributed by atoms with van der Waals surface area (Å²) in [7, 11) is 0. The predicted octanol–water partition coefficient (Wildman–Crippen LogP) is 1.41.